The largest absolute Gasteiger partial charge is 0.397 e. The molecule has 102 valence electrons. The summed E-state index contributed by atoms with van der Waals surface area (Å²) in [6, 6.07) is 13.7. The van der Waals surface area contributed by atoms with Crippen molar-refractivity contribution in [2.75, 3.05) is 17.7 Å². The van der Waals surface area contributed by atoms with Gasteiger partial charge >= 0.3 is 0 Å². The topological polar surface area (TPSA) is 46.3 Å². The van der Waals surface area contributed by atoms with Crippen molar-refractivity contribution < 1.29 is 4.79 Å². The van der Waals surface area contributed by atoms with Gasteiger partial charge in [0.2, 0.25) is 5.91 Å². The summed E-state index contributed by atoms with van der Waals surface area (Å²) in [5.41, 5.74) is 9.68. The smallest absolute Gasteiger partial charge is 0.234 e. The lowest BCUT2D eigenvalue weighted by Crippen LogP contribution is -2.25. The van der Waals surface area contributed by atoms with E-state index < -0.39 is 0 Å². The average Bonchev–Trinajstić information content (AvgIpc) is 2.67. The number of halogens is 1. The lowest BCUT2D eigenvalue weighted by atomic mass is 9.93. The molecule has 0 spiro atoms. The Balaban J connectivity index is 2.02. The fourth-order valence-corrected chi connectivity index (χ4v) is 3.25. The van der Waals surface area contributed by atoms with E-state index in [2.05, 4.69) is 15.9 Å². The Morgan fingerprint density at radius 3 is 2.70 bits per heavy atom. The first-order valence-electron chi connectivity index (χ1n) is 6.49. The summed E-state index contributed by atoms with van der Waals surface area (Å²) in [4.78, 5) is 14.2. The first-order chi connectivity index (χ1) is 9.59. The number of benzene rings is 2. The Hall–Kier alpha value is -1.81. The van der Waals surface area contributed by atoms with Gasteiger partial charge in [0.05, 0.1) is 17.3 Å². The standard InChI is InChI=1S/C16H15BrN2O/c1-19-15-11(6-4-8-14(15)18)12(16(19)20)9-10-5-2-3-7-13(10)17/h2-8,12H,9,18H2,1H3. The predicted octanol–water partition coefficient (Wildman–Crippen LogP) is 3.33. The number of nitrogens with two attached hydrogens (primary N) is 1. The molecule has 0 saturated heterocycles. The van der Waals surface area contributed by atoms with E-state index in [1.54, 1.807) is 11.9 Å². The monoisotopic (exact) mass is 330 g/mol. The van der Waals surface area contributed by atoms with Gasteiger partial charge in [-0.2, -0.15) is 0 Å². The number of likely N-dealkylation sites (N-methyl/N-ethyl adjacent to an activating group) is 1. The van der Waals surface area contributed by atoms with E-state index in [9.17, 15) is 4.79 Å². The normalized spacial score (nSPS) is 17.4. The number of nitrogens with zero attached hydrogens (tertiary/aromatic N) is 1. The maximum atomic E-state index is 12.5. The zero-order chi connectivity index (χ0) is 14.3. The Kier molecular flexibility index (Phi) is 3.26. The van der Waals surface area contributed by atoms with Gasteiger partial charge in [-0.1, -0.05) is 46.3 Å². The van der Waals surface area contributed by atoms with Crippen molar-refractivity contribution in [2.45, 2.75) is 12.3 Å². The SMILES string of the molecule is CN1C(=O)C(Cc2ccccc2Br)c2cccc(N)c21. The van der Waals surface area contributed by atoms with Crippen molar-refractivity contribution >= 4 is 33.2 Å². The molecule has 0 radical (unpaired) electrons. The van der Waals surface area contributed by atoms with Crippen LogP contribution in [-0.4, -0.2) is 13.0 Å². The van der Waals surface area contributed by atoms with Crippen LogP contribution in [0.2, 0.25) is 0 Å². The van der Waals surface area contributed by atoms with Crippen molar-refractivity contribution in [1.29, 1.82) is 0 Å². The van der Waals surface area contributed by atoms with Crippen LogP contribution in [0.4, 0.5) is 11.4 Å². The fourth-order valence-electron chi connectivity index (χ4n) is 2.81. The van der Waals surface area contributed by atoms with E-state index in [1.165, 1.54) is 0 Å². The second-order valence-electron chi connectivity index (χ2n) is 5.03. The van der Waals surface area contributed by atoms with Gasteiger partial charge < -0.3 is 10.6 Å². The molecular formula is C16H15BrN2O. The predicted molar refractivity (Wildman–Crippen MR) is 84.9 cm³/mol. The van der Waals surface area contributed by atoms with Crippen molar-refractivity contribution in [3.05, 3.63) is 58.1 Å². The number of anilines is 2. The van der Waals surface area contributed by atoms with Crippen LogP contribution in [0.5, 0.6) is 0 Å². The summed E-state index contributed by atoms with van der Waals surface area (Å²) in [5.74, 6) is -0.0501. The van der Waals surface area contributed by atoms with Crippen molar-refractivity contribution in [2.24, 2.45) is 0 Å². The number of hydrogen-bond donors (Lipinski definition) is 1. The van der Waals surface area contributed by atoms with Gasteiger partial charge in [-0.3, -0.25) is 4.79 Å². The first-order valence-corrected chi connectivity index (χ1v) is 7.28. The third kappa shape index (κ3) is 2.00. The van der Waals surface area contributed by atoms with E-state index >= 15 is 0 Å². The van der Waals surface area contributed by atoms with Crippen molar-refractivity contribution in [3.8, 4) is 0 Å². The Morgan fingerprint density at radius 2 is 1.95 bits per heavy atom. The molecule has 2 N–H and O–H groups in total. The summed E-state index contributed by atoms with van der Waals surface area (Å²) in [7, 11) is 1.79. The molecule has 1 unspecified atom stereocenters. The maximum absolute atomic E-state index is 12.5. The number of amides is 1. The second kappa shape index (κ2) is 4.94. The molecule has 1 heterocycles. The third-order valence-electron chi connectivity index (χ3n) is 3.82. The molecule has 3 rings (SSSR count). The number of para-hydroxylation sites is 1. The highest BCUT2D eigenvalue weighted by atomic mass is 79.9. The highest BCUT2D eigenvalue weighted by Crippen LogP contribution is 2.42. The number of carbonyl (C=O) groups is 1. The van der Waals surface area contributed by atoms with Gasteiger partial charge in [-0.15, -0.1) is 0 Å². The molecular weight excluding hydrogens is 316 g/mol. The summed E-state index contributed by atoms with van der Waals surface area (Å²) in [6.45, 7) is 0. The highest BCUT2D eigenvalue weighted by molar-refractivity contribution is 9.10. The molecule has 1 aliphatic heterocycles. The van der Waals surface area contributed by atoms with E-state index in [-0.39, 0.29) is 11.8 Å². The Labute approximate surface area is 126 Å². The number of rotatable bonds is 2. The van der Waals surface area contributed by atoms with Gasteiger partial charge in [-0.25, -0.2) is 0 Å². The van der Waals surface area contributed by atoms with Crippen molar-refractivity contribution in [3.63, 3.8) is 0 Å². The number of carbonyl (C=O) groups excluding carboxylic acids is 1. The minimum absolute atomic E-state index is 0.105. The average molecular weight is 331 g/mol. The van der Waals surface area contributed by atoms with Crippen LogP contribution in [0.3, 0.4) is 0 Å². The molecule has 3 nitrogen and oxygen atoms in total. The van der Waals surface area contributed by atoms with Crippen LogP contribution in [-0.2, 0) is 11.2 Å². The minimum Gasteiger partial charge on any atom is -0.397 e. The maximum Gasteiger partial charge on any atom is 0.234 e. The third-order valence-corrected chi connectivity index (χ3v) is 4.59. The zero-order valence-corrected chi connectivity index (χ0v) is 12.7. The number of fused-ring (bicyclic) bond motifs is 1. The molecule has 1 aliphatic rings. The molecule has 0 bridgehead atoms. The zero-order valence-electron chi connectivity index (χ0n) is 11.1. The molecule has 20 heavy (non-hydrogen) atoms. The molecule has 0 fully saturated rings. The van der Waals surface area contributed by atoms with Crippen LogP contribution in [0.1, 0.15) is 17.0 Å². The molecule has 0 aromatic heterocycles. The molecule has 1 amide bonds. The molecule has 4 heteroatoms. The molecule has 0 aliphatic carbocycles. The molecule has 1 atom stereocenters. The highest BCUT2D eigenvalue weighted by Gasteiger charge is 2.36. The molecule has 0 saturated carbocycles. The summed E-state index contributed by atoms with van der Waals surface area (Å²) < 4.78 is 1.04. The summed E-state index contributed by atoms with van der Waals surface area (Å²) >= 11 is 3.54. The summed E-state index contributed by atoms with van der Waals surface area (Å²) in [6.07, 6.45) is 0.682. The number of nitrogen functional groups attached to an aromatic ring is 1. The van der Waals surface area contributed by atoms with Crippen LogP contribution < -0.4 is 10.6 Å². The van der Waals surface area contributed by atoms with E-state index in [0.29, 0.717) is 12.1 Å². The van der Waals surface area contributed by atoms with Crippen molar-refractivity contribution in [1.82, 2.24) is 0 Å². The van der Waals surface area contributed by atoms with Gasteiger partial charge in [0.25, 0.3) is 0 Å². The summed E-state index contributed by atoms with van der Waals surface area (Å²) in [5, 5.41) is 0. The quantitative estimate of drug-likeness (QED) is 0.858. The number of hydrogen-bond acceptors (Lipinski definition) is 2. The van der Waals surface area contributed by atoms with Crippen LogP contribution in [0.25, 0.3) is 0 Å². The van der Waals surface area contributed by atoms with Gasteiger partial charge in [0.1, 0.15) is 0 Å². The Morgan fingerprint density at radius 1 is 1.20 bits per heavy atom. The minimum atomic E-state index is -0.155. The van der Waals surface area contributed by atoms with Crippen LogP contribution in [0, 0.1) is 0 Å². The van der Waals surface area contributed by atoms with Crippen LogP contribution in [0.15, 0.2) is 46.9 Å². The molecule has 2 aromatic carbocycles. The first kappa shape index (κ1) is 13.2. The van der Waals surface area contributed by atoms with Crippen LogP contribution >= 0.6 is 15.9 Å². The lowest BCUT2D eigenvalue weighted by Gasteiger charge is -2.12. The Bertz CT molecular complexity index is 684. The second-order valence-corrected chi connectivity index (χ2v) is 5.88. The van der Waals surface area contributed by atoms with E-state index in [0.717, 1.165) is 21.3 Å². The van der Waals surface area contributed by atoms with Gasteiger partial charge in [0.15, 0.2) is 0 Å². The van der Waals surface area contributed by atoms with Gasteiger partial charge in [-0.05, 0) is 29.7 Å². The fraction of sp³-hybridized carbons (Fsp3) is 0.188. The lowest BCUT2D eigenvalue weighted by molar-refractivity contribution is -0.119. The molecule has 2 aromatic rings. The van der Waals surface area contributed by atoms with E-state index in [4.69, 9.17) is 5.73 Å². The van der Waals surface area contributed by atoms with Gasteiger partial charge in [0, 0.05) is 11.5 Å². The van der Waals surface area contributed by atoms with E-state index in [1.807, 2.05) is 42.5 Å².